The molecule has 1 fully saturated rings. The van der Waals surface area contributed by atoms with Gasteiger partial charge in [0.2, 0.25) is 5.91 Å². The largest absolute Gasteiger partial charge is 0.497 e. The standard InChI is InChI=1S/C19H18F3N3O3/c1-28-16-7-5-15(6-8-16)25-11-14(10-17(25)26)24-18(27)23-13-4-2-3-12(9-13)19(20,21)22/h2-9,14H,10-11H2,1H3,(H2,23,24,27)/t14-/m0/s1. The number of ether oxygens (including phenoxy) is 1. The molecule has 3 rings (SSSR count). The van der Waals surface area contributed by atoms with Crippen LogP contribution in [-0.4, -0.2) is 31.6 Å². The monoisotopic (exact) mass is 393 g/mol. The van der Waals surface area contributed by atoms with E-state index in [4.69, 9.17) is 4.74 Å². The molecule has 0 unspecified atom stereocenters. The van der Waals surface area contributed by atoms with Gasteiger partial charge in [0.15, 0.2) is 0 Å². The normalized spacial score (nSPS) is 16.8. The molecule has 9 heteroatoms. The van der Waals surface area contributed by atoms with E-state index in [0.717, 1.165) is 12.1 Å². The second-order valence-corrected chi connectivity index (χ2v) is 6.28. The van der Waals surface area contributed by atoms with Crippen molar-refractivity contribution < 1.29 is 27.5 Å². The molecule has 6 nitrogen and oxygen atoms in total. The third kappa shape index (κ3) is 4.54. The summed E-state index contributed by atoms with van der Waals surface area (Å²) in [6, 6.07) is 10.1. The summed E-state index contributed by atoms with van der Waals surface area (Å²) in [5.41, 5.74) is -0.163. The Hall–Kier alpha value is -3.23. The maximum Gasteiger partial charge on any atom is 0.416 e. The lowest BCUT2D eigenvalue weighted by Crippen LogP contribution is -2.39. The second-order valence-electron chi connectivity index (χ2n) is 6.28. The first kappa shape index (κ1) is 19.5. The number of carbonyl (C=O) groups excluding carboxylic acids is 2. The van der Waals surface area contributed by atoms with Crippen molar-refractivity contribution in [2.45, 2.75) is 18.6 Å². The van der Waals surface area contributed by atoms with Gasteiger partial charge in [-0.2, -0.15) is 13.2 Å². The van der Waals surface area contributed by atoms with Crippen molar-refractivity contribution in [1.29, 1.82) is 0 Å². The van der Waals surface area contributed by atoms with Crippen molar-refractivity contribution in [3.05, 3.63) is 54.1 Å². The zero-order valence-electron chi connectivity index (χ0n) is 14.9. The van der Waals surface area contributed by atoms with Crippen molar-refractivity contribution >= 4 is 23.3 Å². The molecule has 0 spiro atoms. The Morgan fingerprint density at radius 3 is 2.54 bits per heavy atom. The molecule has 0 bridgehead atoms. The van der Waals surface area contributed by atoms with E-state index in [2.05, 4.69) is 10.6 Å². The Kier molecular flexibility index (Phi) is 5.43. The van der Waals surface area contributed by atoms with Gasteiger partial charge in [-0.3, -0.25) is 4.79 Å². The van der Waals surface area contributed by atoms with E-state index in [-0.39, 0.29) is 24.6 Å². The Labute approximate surface area is 159 Å². The lowest BCUT2D eigenvalue weighted by Gasteiger charge is -2.18. The first-order valence-corrected chi connectivity index (χ1v) is 8.45. The average Bonchev–Trinajstić information content (AvgIpc) is 3.01. The van der Waals surface area contributed by atoms with Gasteiger partial charge in [0.05, 0.1) is 18.7 Å². The maximum absolute atomic E-state index is 12.7. The lowest BCUT2D eigenvalue weighted by atomic mass is 10.2. The van der Waals surface area contributed by atoms with Crippen LogP contribution in [0.3, 0.4) is 0 Å². The number of rotatable bonds is 4. The fourth-order valence-electron chi connectivity index (χ4n) is 2.94. The van der Waals surface area contributed by atoms with Gasteiger partial charge in [-0.25, -0.2) is 4.79 Å². The van der Waals surface area contributed by atoms with Gasteiger partial charge < -0.3 is 20.3 Å². The van der Waals surface area contributed by atoms with E-state index in [9.17, 15) is 22.8 Å². The van der Waals surface area contributed by atoms with Gasteiger partial charge in [0.1, 0.15) is 5.75 Å². The minimum Gasteiger partial charge on any atom is -0.497 e. The Morgan fingerprint density at radius 1 is 1.18 bits per heavy atom. The molecule has 0 aromatic heterocycles. The predicted molar refractivity (Wildman–Crippen MR) is 97.4 cm³/mol. The van der Waals surface area contributed by atoms with Crippen LogP contribution in [0.2, 0.25) is 0 Å². The molecule has 0 aliphatic carbocycles. The number of amides is 3. The first-order chi connectivity index (χ1) is 13.3. The van der Waals surface area contributed by atoms with E-state index < -0.39 is 23.8 Å². The zero-order valence-corrected chi connectivity index (χ0v) is 14.9. The molecule has 2 aromatic rings. The molecule has 2 N–H and O–H groups in total. The van der Waals surface area contributed by atoms with Gasteiger partial charge >= 0.3 is 12.2 Å². The molecule has 28 heavy (non-hydrogen) atoms. The van der Waals surface area contributed by atoms with Crippen LogP contribution < -0.4 is 20.3 Å². The molecule has 1 saturated heterocycles. The number of alkyl halides is 3. The molecule has 0 saturated carbocycles. The number of anilines is 2. The number of halogens is 3. The summed E-state index contributed by atoms with van der Waals surface area (Å²) in [5, 5.41) is 4.99. The molecule has 1 heterocycles. The zero-order chi connectivity index (χ0) is 20.3. The predicted octanol–water partition coefficient (Wildman–Crippen LogP) is 3.64. The summed E-state index contributed by atoms with van der Waals surface area (Å²) in [7, 11) is 1.54. The number of methoxy groups -OCH3 is 1. The smallest absolute Gasteiger partial charge is 0.416 e. The fraction of sp³-hybridized carbons (Fsp3) is 0.263. The third-order valence-corrected chi connectivity index (χ3v) is 4.29. The lowest BCUT2D eigenvalue weighted by molar-refractivity contribution is -0.137. The minimum absolute atomic E-state index is 0.0173. The third-order valence-electron chi connectivity index (χ3n) is 4.29. The molecule has 3 amide bonds. The van der Waals surface area contributed by atoms with Crippen molar-refractivity contribution in [3.63, 3.8) is 0 Å². The minimum atomic E-state index is -4.50. The molecular weight excluding hydrogens is 375 g/mol. The van der Waals surface area contributed by atoms with E-state index in [0.29, 0.717) is 11.4 Å². The van der Waals surface area contributed by atoms with E-state index in [1.807, 2.05) is 0 Å². The van der Waals surface area contributed by atoms with Crippen molar-refractivity contribution in [3.8, 4) is 5.75 Å². The van der Waals surface area contributed by atoms with E-state index >= 15 is 0 Å². The van der Waals surface area contributed by atoms with Crippen LogP contribution in [0.15, 0.2) is 48.5 Å². The molecule has 1 aliphatic heterocycles. The number of urea groups is 1. The van der Waals surface area contributed by atoms with Gasteiger partial charge in [-0.05, 0) is 42.5 Å². The van der Waals surface area contributed by atoms with Gasteiger partial charge in [-0.1, -0.05) is 6.07 Å². The van der Waals surface area contributed by atoms with Crippen LogP contribution in [0.1, 0.15) is 12.0 Å². The summed E-state index contributed by atoms with van der Waals surface area (Å²) < 4.78 is 43.3. The fourth-order valence-corrected chi connectivity index (χ4v) is 2.94. The Morgan fingerprint density at radius 2 is 1.89 bits per heavy atom. The second kappa shape index (κ2) is 7.79. The van der Waals surface area contributed by atoms with Gasteiger partial charge in [0, 0.05) is 24.3 Å². The van der Waals surface area contributed by atoms with Gasteiger partial charge in [-0.15, -0.1) is 0 Å². The van der Waals surface area contributed by atoms with Gasteiger partial charge in [0.25, 0.3) is 0 Å². The summed E-state index contributed by atoms with van der Waals surface area (Å²) in [6.45, 7) is 0.265. The molecule has 1 aliphatic rings. The van der Waals surface area contributed by atoms with Crippen LogP contribution in [-0.2, 0) is 11.0 Å². The summed E-state index contributed by atoms with van der Waals surface area (Å²) >= 11 is 0. The highest BCUT2D eigenvalue weighted by atomic mass is 19.4. The van der Waals surface area contributed by atoms with Crippen LogP contribution in [0.5, 0.6) is 5.75 Å². The van der Waals surface area contributed by atoms with Crippen LogP contribution >= 0.6 is 0 Å². The quantitative estimate of drug-likeness (QED) is 0.833. The van der Waals surface area contributed by atoms with Crippen LogP contribution in [0.4, 0.5) is 29.3 Å². The highest BCUT2D eigenvalue weighted by molar-refractivity contribution is 5.97. The Balaban J connectivity index is 1.60. The maximum atomic E-state index is 12.7. The molecule has 0 radical (unpaired) electrons. The summed E-state index contributed by atoms with van der Waals surface area (Å²) in [4.78, 5) is 25.9. The molecule has 2 aromatic carbocycles. The summed E-state index contributed by atoms with van der Waals surface area (Å²) in [6.07, 6.45) is -4.40. The number of hydrogen-bond donors (Lipinski definition) is 2. The van der Waals surface area contributed by atoms with Crippen molar-refractivity contribution in [2.75, 3.05) is 23.9 Å². The highest BCUT2D eigenvalue weighted by Gasteiger charge is 2.32. The van der Waals surface area contributed by atoms with Crippen LogP contribution in [0, 0.1) is 0 Å². The SMILES string of the molecule is COc1ccc(N2C[C@@H](NC(=O)Nc3cccc(C(F)(F)F)c3)CC2=O)cc1. The number of nitrogens with zero attached hydrogens (tertiary/aromatic N) is 1. The topological polar surface area (TPSA) is 70.7 Å². The molecule has 148 valence electrons. The Bertz CT molecular complexity index is 869. The highest BCUT2D eigenvalue weighted by Crippen LogP contribution is 2.30. The van der Waals surface area contributed by atoms with Crippen LogP contribution in [0.25, 0.3) is 0 Å². The summed E-state index contributed by atoms with van der Waals surface area (Å²) in [5.74, 6) is 0.500. The first-order valence-electron chi connectivity index (χ1n) is 8.45. The molecule has 1 atom stereocenters. The number of carbonyl (C=O) groups is 2. The number of benzene rings is 2. The van der Waals surface area contributed by atoms with Crippen molar-refractivity contribution in [2.24, 2.45) is 0 Å². The number of nitrogens with one attached hydrogen (secondary N) is 2. The van der Waals surface area contributed by atoms with Crippen molar-refractivity contribution in [1.82, 2.24) is 5.32 Å². The molecular formula is C19H18F3N3O3. The number of hydrogen-bond acceptors (Lipinski definition) is 3. The van der Waals surface area contributed by atoms with E-state index in [1.54, 1.807) is 31.4 Å². The van der Waals surface area contributed by atoms with E-state index in [1.165, 1.54) is 17.0 Å². The average molecular weight is 393 g/mol.